The molecular formula is C26H33N7O2. The highest BCUT2D eigenvalue weighted by molar-refractivity contribution is 5.94. The molecule has 1 saturated carbocycles. The molecule has 9 heteroatoms. The number of amides is 1. The molecule has 184 valence electrons. The SMILES string of the molecule is CN(C)c1nc(NC2CCC(NC(=O)c3ccc(N4CCOCC4)nc3)CC2)nc2ccccc12. The molecule has 5 rings (SSSR count). The van der Waals surface area contributed by atoms with Gasteiger partial charge in [-0.25, -0.2) is 9.97 Å². The van der Waals surface area contributed by atoms with Crippen LogP contribution >= 0.6 is 0 Å². The second-order valence-corrected chi connectivity index (χ2v) is 9.45. The van der Waals surface area contributed by atoms with E-state index in [4.69, 9.17) is 14.7 Å². The molecule has 9 nitrogen and oxygen atoms in total. The Morgan fingerprint density at radius 1 is 1.00 bits per heavy atom. The van der Waals surface area contributed by atoms with Crippen molar-refractivity contribution in [2.24, 2.45) is 0 Å². The van der Waals surface area contributed by atoms with Crippen molar-refractivity contribution < 1.29 is 9.53 Å². The van der Waals surface area contributed by atoms with Crippen LogP contribution in [0.5, 0.6) is 0 Å². The quantitative estimate of drug-likeness (QED) is 0.562. The van der Waals surface area contributed by atoms with Crippen LogP contribution in [-0.2, 0) is 4.74 Å². The Labute approximate surface area is 205 Å². The molecule has 1 aromatic carbocycles. The van der Waals surface area contributed by atoms with E-state index in [1.165, 1.54) is 0 Å². The number of hydrogen-bond donors (Lipinski definition) is 2. The van der Waals surface area contributed by atoms with Gasteiger partial charge in [0.1, 0.15) is 11.6 Å². The summed E-state index contributed by atoms with van der Waals surface area (Å²) < 4.78 is 5.39. The molecule has 3 aromatic rings. The normalized spacial score (nSPS) is 20.5. The number of fused-ring (bicyclic) bond motifs is 1. The smallest absolute Gasteiger partial charge is 0.253 e. The van der Waals surface area contributed by atoms with Crippen LogP contribution < -0.4 is 20.4 Å². The van der Waals surface area contributed by atoms with Crippen molar-refractivity contribution in [3.63, 3.8) is 0 Å². The number of ether oxygens (including phenoxy) is 1. The van der Waals surface area contributed by atoms with Gasteiger partial charge in [0.25, 0.3) is 5.91 Å². The van der Waals surface area contributed by atoms with Gasteiger partial charge in [-0.05, 0) is 49.9 Å². The Balaban J connectivity index is 1.15. The molecule has 1 aliphatic heterocycles. The average molecular weight is 476 g/mol. The van der Waals surface area contributed by atoms with Gasteiger partial charge in [-0.2, -0.15) is 4.98 Å². The number of rotatable bonds is 6. The number of nitrogens with zero attached hydrogens (tertiary/aromatic N) is 5. The molecule has 1 amide bonds. The lowest BCUT2D eigenvalue weighted by molar-refractivity contribution is 0.0926. The van der Waals surface area contributed by atoms with E-state index in [1.54, 1.807) is 6.20 Å². The molecule has 1 aliphatic carbocycles. The fourth-order valence-corrected chi connectivity index (χ4v) is 4.80. The van der Waals surface area contributed by atoms with E-state index in [2.05, 4.69) is 20.5 Å². The summed E-state index contributed by atoms with van der Waals surface area (Å²) >= 11 is 0. The van der Waals surface area contributed by atoms with Gasteiger partial charge in [0.05, 0.1) is 24.3 Å². The molecule has 2 aliphatic rings. The molecule has 0 atom stereocenters. The lowest BCUT2D eigenvalue weighted by Crippen LogP contribution is -2.40. The van der Waals surface area contributed by atoms with Crippen LogP contribution in [0.25, 0.3) is 10.9 Å². The first-order valence-corrected chi connectivity index (χ1v) is 12.4. The zero-order valence-corrected chi connectivity index (χ0v) is 20.4. The van der Waals surface area contributed by atoms with Gasteiger partial charge >= 0.3 is 0 Å². The minimum absolute atomic E-state index is 0.0593. The van der Waals surface area contributed by atoms with Crippen molar-refractivity contribution >= 4 is 34.4 Å². The van der Waals surface area contributed by atoms with Gasteiger partial charge in [-0.15, -0.1) is 0 Å². The van der Waals surface area contributed by atoms with Crippen molar-refractivity contribution in [3.05, 3.63) is 48.2 Å². The van der Waals surface area contributed by atoms with Crippen LogP contribution in [0.15, 0.2) is 42.6 Å². The highest BCUT2D eigenvalue weighted by atomic mass is 16.5. The highest BCUT2D eigenvalue weighted by Gasteiger charge is 2.24. The maximum Gasteiger partial charge on any atom is 0.253 e. The maximum absolute atomic E-state index is 12.8. The van der Waals surface area contributed by atoms with Crippen molar-refractivity contribution in [1.82, 2.24) is 20.3 Å². The lowest BCUT2D eigenvalue weighted by Gasteiger charge is -2.30. The molecule has 0 unspecified atom stereocenters. The van der Waals surface area contributed by atoms with E-state index in [0.29, 0.717) is 24.7 Å². The van der Waals surface area contributed by atoms with E-state index in [9.17, 15) is 4.79 Å². The molecule has 0 radical (unpaired) electrons. The molecule has 3 heterocycles. The fraction of sp³-hybridized carbons (Fsp3) is 0.462. The van der Waals surface area contributed by atoms with E-state index in [-0.39, 0.29) is 18.0 Å². The average Bonchev–Trinajstić information content (AvgIpc) is 2.90. The van der Waals surface area contributed by atoms with Crippen LogP contribution in [0.2, 0.25) is 0 Å². The molecule has 0 spiro atoms. The number of morpholine rings is 1. The summed E-state index contributed by atoms with van der Waals surface area (Å²) in [6, 6.07) is 12.3. The number of para-hydroxylation sites is 1. The lowest BCUT2D eigenvalue weighted by atomic mass is 9.91. The van der Waals surface area contributed by atoms with Crippen molar-refractivity contribution in [2.45, 2.75) is 37.8 Å². The van der Waals surface area contributed by atoms with Gasteiger partial charge in [-0.1, -0.05) is 12.1 Å². The van der Waals surface area contributed by atoms with Gasteiger partial charge in [0.15, 0.2) is 0 Å². The molecule has 0 bridgehead atoms. The summed E-state index contributed by atoms with van der Waals surface area (Å²) in [5.41, 5.74) is 1.53. The number of carbonyl (C=O) groups excluding carboxylic acids is 1. The third-order valence-electron chi connectivity index (χ3n) is 6.75. The fourth-order valence-electron chi connectivity index (χ4n) is 4.80. The largest absolute Gasteiger partial charge is 0.378 e. The summed E-state index contributed by atoms with van der Waals surface area (Å²) in [5, 5.41) is 7.76. The van der Waals surface area contributed by atoms with E-state index >= 15 is 0 Å². The Morgan fingerprint density at radius 2 is 1.74 bits per heavy atom. The summed E-state index contributed by atoms with van der Waals surface area (Å²) in [6.07, 6.45) is 5.40. The van der Waals surface area contributed by atoms with Crippen LogP contribution in [0.4, 0.5) is 17.6 Å². The standard InChI is InChI=1S/C26H33N7O2/c1-32(2)24-21-5-3-4-6-22(21)30-26(31-24)29-20-10-8-19(9-11-20)28-25(34)18-7-12-23(27-17-18)33-13-15-35-16-14-33/h3-7,12,17,19-20H,8-11,13-16H2,1-2H3,(H,28,34)(H,29,30,31). The van der Waals surface area contributed by atoms with Gasteiger partial charge in [0.2, 0.25) is 5.95 Å². The van der Waals surface area contributed by atoms with Gasteiger partial charge < -0.3 is 25.2 Å². The zero-order valence-electron chi connectivity index (χ0n) is 20.4. The first-order valence-electron chi connectivity index (χ1n) is 12.4. The van der Waals surface area contributed by atoms with E-state index in [0.717, 1.165) is 61.3 Å². The van der Waals surface area contributed by atoms with Crippen LogP contribution in [0.3, 0.4) is 0 Å². The molecule has 2 fully saturated rings. The summed E-state index contributed by atoms with van der Waals surface area (Å²) in [7, 11) is 4.00. The van der Waals surface area contributed by atoms with Gasteiger partial charge in [0, 0.05) is 50.9 Å². The number of carbonyl (C=O) groups is 1. The number of aromatic nitrogens is 3. The summed E-state index contributed by atoms with van der Waals surface area (Å²) in [5.74, 6) is 2.40. The third kappa shape index (κ3) is 5.45. The van der Waals surface area contributed by atoms with E-state index in [1.807, 2.05) is 55.4 Å². The number of nitrogens with one attached hydrogen (secondary N) is 2. The molecule has 1 saturated heterocycles. The molecule has 2 aromatic heterocycles. The van der Waals surface area contributed by atoms with Crippen molar-refractivity contribution in [3.8, 4) is 0 Å². The Kier molecular flexibility index (Phi) is 6.94. The summed E-state index contributed by atoms with van der Waals surface area (Å²) in [6.45, 7) is 3.09. The van der Waals surface area contributed by atoms with Crippen LogP contribution in [0.1, 0.15) is 36.0 Å². The topological polar surface area (TPSA) is 95.5 Å². The number of benzene rings is 1. The molecular weight excluding hydrogens is 442 g/mol. The predicted molar refractivity (Wildman–Crippen MR) is 138 cm³/mol. The number of hydrogen-bond acceptors (Lipinski definition) is 8. The second-order valence-electron chi connectivity index (χ2n) is 9.45. The predicted octanol–water partition coefficient (Wildman–Crippen LogP) is 3.08. The number of pyridine rings is 1. The Hall–Kier alpha value is -3.46. The Bertz CT molecular complexity index is 1150. The van der Waals surface area contributed by atoms with Crippen molar-refractivity contribution in [1.29, 1.82) is 0 Å². The second kappa shape index (κ2) is 10.4. The summed E-state index contributed by atoms with van der Waals surface area (Å²) in [4.78, 5) is 31.0. The zero-order chi connectivity index (χ0) is 24.2. The first-order chi connectivity index (χ1) is 17.1. The molecule has 35 heavy (non-hydrogen) atoms. The molecule has 2 N–H and O–H groups in total. The van der Waals surface area contributed by atoms with Crippen LogP contribution in [0, 0.1) is 0 Å². The number of anilines is 3. The van der Waals surface area contributed by atoms with Crippen molar-refractivity contribution in [2.75, 3.05) is 55.5 Å². The van der Waals surface area contributed by atoms with E-state index < -0.39 is 0 Å². The van der Waals surface area contributed by atoms with Gasteiger partial charge in [-0.3, -0.25) is 4.79 Å². The monoisotopic (exact) mass is 475 g/mol. The first kappa shape index (κ1) is 23.3. The minimum Gasteiger partial charge on any atom is -0.378 e. The van der Waals surface area contributed by atoms with Crippen LogP contribution in [-0.4, -0.2) is 73.3 Å². The third-order valence-corrected chi connectivity index (χ3v) is 6.75. The Morgan fingerprint density at radius 3 is 2.46 bits per heavy atom. The minimum atomic E-state index is -0.0593. The highest BCUT2D eigenvalue weighted by Crippen LogP contribution is 2.26. The maximum atomic E-state index is 12.8.